The van der Waals surface area contributed by atoms with Gasteiger partial charge in [-0.2, -0.15) is 0 Å². The van der Waals surface area contributed by atoms with Crippen molar-refractivity contribution < 1.29 is 19.4 Å². The van der Waals surface area contributed by atoms with Crippen LogP contribution in [0.2, 0.25) is 0 Å². The number of hydrogen-bond donors (Lipinski definition) is 3. The van der Waals surface area contributed by atoms with Crippen LogP contribution < -0.4 is 5.73 Å². The van der Waals surface area contributed by atoms with E-state index < -0.39 is 5.97 Å². The first kappa shape index (κ1) is 13.1. The molecule has 0 aliphatic heterocycles. The zero-order valence-electron chi connectivity index (χ0n) is 8.58. The summed E-state index contributed by atoms with van der Waals surface area (Å²) in [7, 11) is 0. The number of carboxylic acid groups (broad SMARTS) is 1. The van der Waals surface area contributed by atoms with E-state index in [1.54, 1.807) is 18.2 Å². The molecule has 0 saturated carbocycles. The number of carbonyl (C=O) groups is 1. The Bertz CT molecular complexity index is 550. The topological polar surface area (TPSA) is 96.7 Å². The third kappa shape index (κ3) is 2.42. The van der Waals surface area contributed by atoms with Gasteiger partial charge in [0.2, 0.25) is 5.76 Å². The lowest BCUT2D eigenvalue weighted by Crippen LogP contribution is -1.91. The number of nitrogen functional groups attached to an aromatic ring is 1. The van der Waals surface area contributed by atoms with Crippen LogP contribution in [0.3, 0.4) is 0 Å². The maximum Gasteiger partial charge on any atom is 0.371 e. The Morgan fingerprint density at radius 2 is 2.06 bits per heavy atom. The second kappa shape index (κ2) is 4.92. The van der Waals surface area contributed by atoms with Crippen LogP contribution in [0, 0.1) is 0 Å². The molecule has 0 spiro atoms. The van der Waals surface area contributed by atoms with E-state index in [2.05, 4.69) is 0 Å². The highest BCUT2D eigenvalue weighted by molar-refractivity contribution is 8.93. The van der Waals surface area contributed by atoms with Gasteiger partial charge in [-0.3, -0.25) is 0 Å². The molecule has 0 bridgehead atoms. The second-order valence-corrected chi connectivity index (χ2v) is 3.25. The number of nitrogens with two attached hydrogens (primary N) is 1. The molecular formula is C11H10BrNO4. The van der Waals surface area contributed by atoms with E-state index in [0.717, 1.165) is 0 Å². The van der Waals surface area contributed by atoms with Crippen molar-refractivity contribution in [2.45, 2.75) is 0 Å². The van der Waals surface area contributed by atoms with E-state index >= 15 is 0 Å². The summed E-state index contributed by atoms with van der Waals surface area (Å²) < 4.78 is 4.82. The van der Waals surface area contributed by atoms with Gasteiger partial charge in [0.15, 0.2) is 0 Å². The molecule has 4 N–H and O–H groups in total. The van der Waals surface area contributed by atoms with E-state index in [1.165, 1.54) is 12.3 Å². The molecule has 1 heterocycles. The second-order valence-electron chi connectivity index (χ2n) is 3.25. The quantitative estimate of drug-likeness (QED) is 0.585. The molecule has 1 aromatic heterocycles. The van der Waals surface area contributed by atoms with Crippen LogP contribution in [0.1, 0.15) is 10.6 Å². The zero-order valence-corrected chi connectivity index (χ0v) is 10.3. The number of halogens is 1. The fraction of sp³-hybridized carbons (Fsp3) is 0. The summed E-state index contributed by atoms with van der Waals surface area (Å²) in [6, 6.07) is 6.17. The normalized spacial score (nSPS) is 9.65. The van der Waals surface area contributed by atoms with Crippen molar-refractivity contribution in [3.63, 3.8) is 0 Å². The number of phenolic OH excluding ortho intramolecular Hbond substituents is 1. The summed E-state index contributed by atoms with van der Waals surface area (Å²) in [4.78, 5) is 10.6. The van der Waals surface area contributed by atoms with Gasteiger partial charge < -0.3 is 20.4 Å². The number of furan rings is 1. The molecule has 1 aromatic carbocycles. The van der Waals surface area contributed by atoms with Crippen molar-refractivity contribution >= 4 is 28.6 Å². The molecule has 0 unspecified atom stereocenters. The number of aromatic carboxylic acids is 1. The van der Waals surface area contributed by atoms with Gasteiger partial charge >= 0.3 is 5.97 Å². The van der Waals surface area contributed by atoms with Crippen LogP contribution in [0.4, 0.5) is 5.69 Å². The molecule has 2 aromatic rings. The van der Waals surface area contributed by atoms with Crippen LogP contribution >= 0.6 is 17.0 Å². The third-order valence-electron chi connectivity index (χ3n) is 2.19. The SMILES string of the molecule is Br.Nc1cccc(-c2coc(C(=O)O)c2)c1O. The Morgan fingerprint density at radius 1 is 1.35 bits per heavy atom. The summed E-state index contributed by atoms with van der Waals surface area (Å²) in [6.07, 6.45) is 1.26. The van der Waals surface area contributed by atoms with E-state index in [0.29, 0.717) is 11.1 Å². The number of phenols is 1. The summed E-state index contributed by atoms with van der Waals surface area (Å²) in [5, 5.41) is 18.4. The van der Waals surface area contributed by atoms with Gasteiger partial charge in [0, 0.05) is 11.1 Å². The molecule has 0 radical (unpaired) electrons. The van der Waals surface area contributed by atoms with Gasteiger partial charge in [0.25, 0.3) is 0 Å². The van der Waals surface area contributed by atoms with E-state index in [1.807, 2.05) is 0 Å². The minimum absolute atomic E-state index is 0. The van der Waals surface area contributed by atoms with Crippen LogP contribution in [0.5, 0.6) is 5.75 Å². The molecule has 5 nitrogen and oxygen atoms in total. The number of carboxylic acids is 1. The Labute approximate surface area is 107 Å². The number of anilines is 1. The molecular weight excluding hydrogens is 290 g/mol. The van der Waals surface area contributed by atoms with E-state index in [9.17, 15) is 9.90 Å². The minimum Gasteiger partial charge on any atom is -0.505 e. The summed E-state index contributed by atoms with van der Waals surface area (Å²) in [5.41, 5.74) is 6.67. The average molecular weight is 300 g/mol. The summed E-state index contributed by atoms with van der Waals surface area (Å²) in [5.74, 6) is -1.42. The van der Waals surface area contributed by atoms with Crippen molar-refractivity contribution in [3.05, 3.63) is 36.3 Å². The number of para-hydroxylation sites is 1. The lowest BCUT2D eigenvalue weighted by atomic mass is 10.1. The monoisotopic (exact) mass is 299 g/mol. The molecule has 2 rings (SSSR count). The molecule has 90 valence electrons. The van der Waals surface area contributed by atoms with Gasteiger partial charge in [0.05, 0.1) is 12.0 Å². The zero-order chi connectivity index (χ0) is 11.7. The molecule has 0 saturated heterocycles. The Hall–Kier alpha value is -1.95. The Morgan fingerprint density at radius 3 is 2.65 bits per heavy atom. The van der Waals surface area contributed by atoms with Gasteiger partial charge in [-0.25, -0.2) is 4.79 Å². The lowest BCUT2D eigenvalue weighted by molar-refractivity contribution is 0.0662. The molecule has 0 atom stereocenters. The third-order valence-corrected chi connectivity index (χ3v) is 2.19. The Balaban J connectivity index is 0.00000144. The Kier molecular flexibility index (Phi) is 3.80. The molecule has 17 heavy (non-hydrogen) atoms. The highest BCUT2D eigenvalue weighted by Crippen LogP contribution is 2.34. The minimum atomic E-state index is -1.16. The van der Waals surface area contributed by atoms with Gasteiger partial charge in [-0.15, -0.1) is 17.0 Å². The summed E-state index contributed by atoms with van der Waals surface area (Å²) in [6.45, 7) is 0. The first-order valence-electron chi connectivity index (χ1n) is 4.49. The van der Waals surface area contributed by atoms with Crippen molar-refractivity contribution in [2.24, 2.45) is 0 Å². The first-order chi connectivity index (χ1) is 7.59. The molecule has 0 fully saturated rings. The van der Waals surface area contributed by atoms with Crippen molar-refractivity contribution in [3.8, 4) is 16.9 Å². The largest absolute Gasteiger partial charge is 0.505 e. The average Bonchev–Trinajstić information content (AvgIpc) is 2.71. The number of aromatic hydroxyl groups is 1. The predicted molar refractivity (Wildman–Crippen MR) is 67.5 cm³/mol. The first-order valence-corrected chi connectivity index (χ1v) is 4.49. The molecule has 0 aliphatic carbocycles. The van der Waals surface area contributed by atoms with Crippen LogP contribution in [0.25, 0.3) is 11.1 Å². The number of rotatable bonds is 2. The van der Waals surface area contributed by atoms with Gasteiger partial charge in [-0.05, 0) is 12.1 Å². The molecule has 6 heteroatoms. The van der Waals surface area contributed by atoms with Crippen LogP contribution in [0.15, 0.2) is 34.9 Å². The van der Waals surface area contributed by atoms with Gasteiger partial charge in [0.1, 0.15) is 5.75 Å². The lowest BCUT2D eigenvalue weighted by Gasteiger charge is -2.03. The van der Waals surface area contributed by atoms with Crippen molar-refractivity contribution in [1.82, 2.24) is 0 Å². The highest BCUT2D eigenvalue weighted by atomic mass is 79.9. The number of benzene rings is 1. The maximum atomic E-state index is 10.6. The maximum absolute atomic E-state index is 10.6. The fourth-order valence-electron chi connectivity index (χ4n) is 1.38. The highest BCUT2D eigenvalue weighted by Gasteiger charge is 2.13. The smallest absolute Gasteiger partial charge is 0.371 e. The molecule has 0 aliphatic rings. The fourth-order valence-corrected chi connectivity index (χ4v) is 1.38. The van der Waals surface area contributed by atoms with Gasteiger partial charge in [-0.1, -0.05) is 12.1 Å². The van der Waals surface area contributed by atoms with E-state index in [-0.39, 0.29) is 34.2 Å². The van der Waals surface area contributed by atoms with E-state index in [4.69, 9.17) is 15.3 Å². The van der Waals surface area contributed by atoms with Crippen molar-refractivity contribution in [1.29, 1.82) is 0 Å². The van der Waals surface area contributed by atoms with Crippen LogP contribution in [-0.2, 0) is 0 Å². The number of hydrogen-bond acceptors (Lipinski definition) is 4. The standard InChI is InChI=1S/C11H9NO4.BrH/c12-8-3-1-2-7(10(8)13)6-4-9(11(14)15)16-5-6;/h1-5,13H,12H2,(H,14,15);1H. The van der Waals surface area contributed by atoms with Crippen molar-refractivity contribution in [2.75, 3.05) is 5.73 Å². The molecule has 0 amide bonds. The summed E-state index contributed by atoms with van der Waals surface area (Å²) >= 11 is 0. The van der Waals surface area contributed by atoms with Crippen LogP contribution in [-0.4, -0.2) is 16.2 Å². The predicted octanol–water partition coefficient (Wildman–Crippen LogP) is 2.51.